The Balaban J connectivity index is 1.03. The van der Waals surface area contributed by atoms with Gasteiger partial charge in [0.15, 0.2) is 8.07 Å². The van der Waals surface area contributed by atoms with Gasteiger partial charge in [0.05, 0.1) is 5.41 Å². The summed E-state index contributed by atoms with van der Waals surface area (Å²) < 4.78 is 0. The molecule has 0 atom stereocenters. The molecule has 0 amide bonds. The van der Waals surface area contributed by atoms with E-state index in [2.05, 4.69) is 261 Å². The van der Waals surface area contributed by atoms with Crippen molar-refractivity contribution >= 4 is 45.9 Å². The van der Waals surface area contributed by atoms with Gasteiger partial charge in [-0.2, -0.15) is 0 Å². The molecule has 1 aliphatic heterocycles. The fourth-order valence-electron chi connectivity index (χ4n) is 14.2. The van der Waals surface area contributed by atoms with Crippen LogP contribution in [0.2, 0.25) is 0 Å². The monoisotopic (exact) mass is 939 g/mol. The highest BCUT2D eigenvalue weighted by atomic mass is 28.3. The molecule has 10 aromatic rings. The summed E-state index contributed by atoms with van der Waals surface area (Å²) in [6.07, 6.45) is 6.31. The van der Waals surface area contributed by atoms with Crippen molar-refractivity contribution in [2.75, 3.05) is 4.90 Å². The van der Waals surface area contributed by atoms with Crippen molar-refractivity contribution in [1.29, 1.82) is 0 Å². The van der Waals surface area contributed by atoms with E-state index in [1.807, 2.05) is 0 Å². The van der Waals surface area contributed by atoms with E-state index >= 15 is 0 Å². The summed E-state index contributed by atoms with van der Waals surface area (Å²) in [5.74, 6) is 0.497. The normalized spacial score (nSPS) is 16.2. The van der Waals surface area contributed by atoms with Gasteiger partial charge in [-0.15, -0.1) is 0 Å². The van der Waals surface area contributed by atoms with Crippen LogP contribution in [0.3, 0.4) is 0 Å². The maximum atomic E-state index is 2.68. The molecular formula is C70H57NSi. The van der Waals surface area contributed by atoms with Crippen LogP contribution in [0, 0.1) is 0 Å². The third-order valence-electron chi connectivity index (χ3n) is 17.4. The molecule has 0 aromatic heterocycles. The van der Waals surface area contributed by atoms with Crippen LogP contribution in [0.5, 0.6) is 0 Å². The molecule has 3 aliphatic carbocycles. The van der Waals surface area contributed by atoms with Crippen LogP contribution in [-0.4, -0.2) is 8.07 Å². The Morgan fingerprint density at radius 2 is 0.847 bits per heavy atom. The van der Waals surface area contributed by atoms with Crippen LogP contribution in [0.25, 0.3) is 33.4 Å². The van der Waals surface area contributed by atoms with Gasteiger partial charge in [0.1, 0.15) is 0 Å². The first-order valence-corrected chi connectivity index (χ1v) is 28.3. The van der Waals surface area contributed by atoms with Crippen molar-refractivity contribution < 1.29 is 0 Å². The molecule has 0 bridgehead atoms. The van der Waals surface area contributed by atoms with Crippen LogP contribution in [-0.2, 0) is 10.8 Å². The van der Waals surface area contributed by atoms with Gasteiger partial charge in [-0.3, -0.25) is 0 Å². The highest BCUT2D eigenvalue weighted by Gasteiger charge is 2.50. The Morgan fingerprint density at radius 1 is 0.361 bits per heavy atom. The van der Waals surface area contributed by atoms with E-state index in [1.165, 1.54) is 137 Å². The van der Waals surface area contributed by atoms with Gasteiger partial charge >= 0.3 is 0 Å². The zero-order chi connectivity index (χ0) is 48.0. The van der Waals surface area contributed by atoms with Crippen LogP contribution in [0.4, 0.5) is 17.1 Å². The summed E-state index contributed by atoms with van der Waals surface area (Å²) in [7, 11) is -2.85. The highest BCUT2D eigenvalue weighted by molar-refractivity contribution is 7.22. The summed E-state index contributed by atoms with van der Waals surface area (Å²) in [5.41, 5.74) is 20.5. The molecular weight excluding hydrogens is 883 g/mol. The zero-order valence-corrected chi connectivity index (χ0v) is 42.2. The van der Waals surface area contributed by atoms with Crippen molar-refractivity contribution in [3.05, 3.63) is 282 Å². The fourth-order valence-corrected chi connectivity index (χ4v) is 19.5. The van der Waals surface area contributed by atoms with E-state index in [0.717, 1.165) is 5.69 Å². The van der Waals surface area contributed by atoms with Gasteiger partial charge in [-0.25, -0.2) is 0 Å². The van der Waals surface area contributed by atoms with Gasteiger partial charge in [0.2, 0.25) is 0 Å². The van der Waals surface area contributed by atoms with Crippen LogP contribution < -0.4 is 25.6 Å². The molecule has 14 rings (SSSR count). The van der Waals surface area contributed by atoms with Crippen molar-refractivity contribution in [1.82, 2.24) is 0 Å². The first-order chi connectivity index (χ1) is 35.5. The molecule has 346 valence electrons. The number of benzene rings is 10. The lowest BCUT2D eigenvalue weighted by atomic mass is 9.68. The predicted molar refractivity (Wildman–Crippen MR) is 304 cm³/mol. The van der Waals surface area contributed by atoms with Crippen LogP contribution >= 0.6 is 0 Å². The van der Waals surface area contributed by atoms with Crippen molar-refractivity contribution in [3.8, 4) is 33.4 Å². The summed E-state index contributed by atoms with van der Waals surface area (Å²) in [5, 5.41) is 5.87. The first kappa shape index (κ1) is 43.0. The maximum Gasteiger partial charge on any atom is 0.180 e. The number of nitrogens with zero attached hydrogens (tertiary/aromatic N) is 1. The molecule has 0 unspecified atom stereocenters. The standard InChI is InChI=1S/C70H57NSi/c1-69(2)63-33-17-12-28-57(63)60-43-42-53(47-66(60)69)71(52-40-38-51(39-41-52)70(50-24-8-4-9-25-50)64-34-18-13-29-58(64)59-30-14-19-35-65(59)70)54-44-49(48-22-6-3-7-23-48)45-56(46-54)72(55-26-10-5-11-27-55)67-36-20-15-31-61(67)62-32-16-21-37-68(62)72/h4-5,8-21,24-48H,3,6-7,22-23H2,1-2H3. The Kier molecular flexibility index (Phi) is 9.96. The SMILES string of the molecule is CC1(C)c2ccccc2-c2ccc(N(c3ccc(C4(c5ccccc5)c5ccccc5-c5ccccc54)cc3)c3cc(C4CCCCC4)cc([Si]4(c5ccccc5)c5ccccc5-c5ccccc54)c3)cc21. The topological polar surface area (TPSA) is 3.24 Å². The molecule has 72 heavy (non-hydrogen) atoms. The number of anilines is 3. The summed E-state index contributed by atoms with van der Waals surface area (Å²) in [4.78, 5) is 2.62. The third kappa shape index (κ3) is 6.18. The lowest BCUT2D eigenvalue weighted by Gasteiger charge is -2.36. The fraction of sp³-hybridized carbons (Fsp3) is 0.143. The lowest BCUT2D eigenvalue weighted by Crippen LogP contribution is -2.72. The molecule has 1 saturated carbocycles. The van der Waals surface area contributed by atoms with Crippen molar-refractivity contribution in [2.45, 2.75) is 62.7 Å². The Bertz CT molecular complexity index is 3620. The molecule has 10 aromatic carbocycles. The number of fused-ring (bicyclic) bond motifs is 9. The van der Waals surface area contributed by atoms with Gasteiger partial charge in [0.25, 0.3) is 0 Å². The average Bonchev–Trinajstić information content (AvgIpc) is 4.01. The van der Waals surface area contributed by atoms with Crippen LogP contribution in [0.1, 0.15) is 90.8 Å². The van der Waals surface area contributed by atoms with Gasteiger partial charge in [0, 0.05) is 22.5 Å². The second kappa shape index (κ2) is 16.7. The second-order valence-electron chi connectivity index (χ2n) is 21.3. The molecule has 0 radical (unpaired) electrons. The van der Waals surface area contributed by atoms with E-state index in [4.69, 9.17) is 0 Å². The maximum absolute atomic E-state index is 2.85. The summed E-state index contributed by atoms with van der Waals surface area (Å²) in [6.45, 7) is 4.82. The summed E-state index contributed by atoms with van der Waals surface area (Å²) in [6, 6.07) is 93.6. The summed E-state index contributed by atoms with van der Waals surface area (Å²) >= 11 is 0. The van der Waals surface area contributed by atoms with E-state index in [-0.39, 0.29) is 5.41 Å². The Labute approximate surface area is 426 Å². The van der Waals surface area contributed by atoms with Crippen LogP contribution in [0.15, 0.2) is 243 Å². The van der Waals surface area contributed by atoms with E-state index in [1.54, 1.807) is 0 Å². The molecule has 4 aliphatic rings. The first-order valence-electron chi connectivity index (χ1n) is 26.3. The van der Waals surface area contributed by atoms with E-state index in [0.29, 0.717) is 5.92 Å². The van der Waals surface area contributed by atoms with E-state index in [9.17, 15) is 0 Å². The minimum atomic E-state index is -2.85. The van der Waals surface area contributed by atoms with Gasteiger partial charge in [-0.1, -0.05) is 239 Å². The minimum Gasteiger partial charge on any atom is -0.310 e. The largest absolute Gasteiger partial charge is 0.310 e. The average molecular weight is 940 g/mol. The quantitative estimate of drug-likeness (QED) is 0.137. The lowest BCUT2D eigenvalue weighted by molar-refractivity contribution is 0.444. The highest BCUT2D eigenvalue weighted by Crippen LogP contribution is 2.57. The number of hydrogen-bond acceptors (Lipinski definition) is 1. The smallest absolute Gasteiger partial charge is 0.180 e. The zero-order valence-electron chi connectivity index (χ0n) is 41.2. The number of rotatable bonds is 8. The Morgan fingerprint density at radius 3 is 1.47 bits per heavy atom. The minimum absolute atomic E-state index is 0.153. The molecule has 0 spiro atoms. The molecule has 2 heteroatoms. The van der Waals surface area contributed by atoms with E-state index < -0.39 is 13.5 Å². The van der Waals surface area contributed by atoms with Gasteiger partial charge in [-0.05, 0) is 148 Å². The predicted octanol–water partition coefficient (Wildman–Crippen LogP) is 15.2. The molecule has 1 nitrogen and oxygen atoms in total. The third-order valence-corrected chi connectivity index (χ3v) is 22.3. The molecule has 0 saturated heterocycles. The molecule has 1 heterocycles. The van der Waals surface area contributed by atoms with Crippen molar-refractivity contribution in [2.24, 2.45) is 0 Å². The van der Waals surface area contributed by atoms with Crippen molar-refractivity contribution in [3.63, 3.8) is 0 Å². The van der Waals surface area contributed by atoms with Gasteiger partial charge < -0.3 is 4.90 Å². The molecule has 1 fully saturated rings. The Hall–Kier alpha value is -7.78. The number of hydrogen-bond donors (Lipinski definition) is 0. The molecule has 0 N–H and O–H groups in total. The second-order valence-corrected chi connectivity index (χ2v) is 25.1.